The maximum Gasteiger partial charge on any atom is 0.241 e. The minimum atomic E-state index is -0.224. The van der Waals surface area contributed by atoms with Gasteiger partial charge in [-0.1, -0.05) is 41.0 Å². The Hall–Kier alpha value is -2.42. The first kappa shape index (κ1) is 23.7. The van der Waals surface area contributed by atoms with Gasteiger partial charge in [-0.05, 0) is 49.2 Å². The molecular formula is C24H26ClFN4O2S. The Morgan fingerprint density at radius 3 is 2.94 bits per heavy atom. The molecule has 0 saturated carbocycles. The van der Waals surface area contributed by atoms with E-state index in [1.54, 1.807) is 36.0 Å². The predicted octanol–water partition coefficient (Wildman–Crippen LogP) is 4.79. The molecule has 1 saturated heterocycles. The normalized spacial score (nSPS) is 16.6. The molecule has 0 spiro atoms. The van der Waals surface area contributed by atoms with E-state index in [-0.39, 0.29) is 17.6 Å². The van der Waals surface area contributed by atoms with E-state index in [9.17, 15) is 9.18 Å². The van der Waals surface area contributed by atoms with Crippen molar-refractivity contribution in [3.8, 4) is 11.4 Å². The molecule has 1 aromatic heterocycles. The molecule has 1 aliphatic heterocycles. The van der Waals surface area contributed by atoms with Crippen molar-refractivity contribution in [3.63, 3.8) is 0 Å². The van der Waals surface area contributed by atoms with Crippen molar-refractivity contribution in [1.82, 2.24) is 20.4 Å². The topological polar surface area (TPSA) is 71.3 Å². The number of halogens is 2. The third-order valence-electron chi connectivity index (χ3n) is 5.51. The average Bonchev–Trinajstić information content (AvgIpc) is 3.28. The van der Waals surface area contributed by atoms with Crippen LogP contribution in [0.3, 0.4) is 0 Å². The lowest BCUT2D eigenvalue weighted by molar-refractivity contribution is -0.126. The number of amides is 1. The summed E-state index contributed by atoms with van der Waals surface area (Å²) in [5.74, 6) is 2.48. The van der Waals surface area contributed by atoms with Crippen molar-refractivity contribution < 1.29 is 13.7 Å². The van der Waals surface area contributed by atoms with Gasteiger partial charge in [-0.3, -0.25) is 9.69 Å². The van der Waals surface area contributed by atoms with Gasteiger partial charge in [-0.15, -0.1) is 0 Å². The molecule has 9 heteroatoms. The van der Waals surface area contributed by atoms with Crippen LogP contribution in [-0.2, 0) is 17.1 Å². The fourth-order valence-corrected chi connectivity index (χ4v) is 4.84. The number of nitrogens with zero attached hydrogens (tertiary/aromatic N) is 3. The number of hydrogen-bond donors (Lipinski definition) is 1. The molecule has 1 N–H and O–H groups in total. The molecule has 0 bridgehead atoms. The fraction of sp³-hybridized carbons (Fsp3) is 0.375. The number of aromatic nitrogens is 2. The van der Waals surface area contributed by atoms with E-state index in [4.69, 9.17) is 16.1 Å². The number of benzene rings is 2. The third kappa shape index (κ3) is 7.03. The van der Waals surface area contributed by atoms with Gasteiger partial charge in [0.1, 0.15) is 5.82 Å². The summed E-state index contributed by atoms with van der Waals surface area (Å²) in [5.41, 5.74) is 1.89. The molecule has 1 unspecified atom stereocenters. The summed E-state index contributed by atoms with van der Waals surface area (Å²) < 4.78 is 18.4. The first-order chi connectivity index (χ1) is 16.1. The van der Waals surface area contributed by atoms with Crippen molar-refractivity contribution in [2.45, 2.75) is 25.1 Å². The molecule has 2 aromatic carbocycles. The number of nitrogens with one attached hydrogen (secondary N) is 1. The van der Waals surface area contributed by atoms with Crippen molar-refractivity contribution >= 4 is 29.3 Å². The van der Waals surface area contributed by atoms with Crippen LogP contribution in [0.4, 0.5) is 4.39 Å². The monoisotopic (exact) mass is 488 g/mol. The smallest absolute Gasteiger partial charge is 0.241 e. The van der Waals surface area contributed by atoms with Crippen LogP contribution in [-0.4, -0.2) is 46.3 Å². The van der Waals surface area contributed by atoms with Crippen LogP contribution in [0.1, 0.15) is 24.3 Å². The zero-order chi connectivity index (χ0) is 23.0. The average molecular weight is 489 g/mol. The number of hydrogen-bond acceptors (Lipinski definition) is 6. The van der Waals surface area contributed by atoms with Gasteiger partial charge < -0.3 is 9.84 Å². The molecule has 3 aromatic rings. The molecule has 1 amide bonds. The second-order valence-corrected chi connectivity index (χ2v) is 9.61. The van der Waals surface area contributed by atoms with Crippen LogP contribution < -0.4 is 5.32 Å². The van der Waals surface area contributed by atoms with Gasteiger partial charge >= 0.3 is 0 Å². The number of carbonyl (C=O) groups is 1. The molecule has 1 aliphatic rings. The molecule has 2 heterocycles. The molecule has 1 fully saturated rings. The zero-order valence-electron chi connectivity index (χ0n) is 18.2. The highest BCUT2D eigenvalue weighted by molar-refractivity contribution is 7.98. The second kappa shape index (κ2) is 11.6. The predicted molar refractivity (Wildman–Crippen MR) is 128 cm³/mol. The van der Waals surface area contributed by atoms with Gasteiger partial charge in [0.25, 0.3) is 0 Å². The Morgan fingerprint density at radius 2 is 2.12 bits per heavy atom. The van der Waals surface area contributed by atoms with Gasteiger partial charge in [-0.2, -0.15) is 16.7 Å². The van der Waals surface area contributed by atoms with Gasteiger partial charge in [0, 0.05) is 35.2 Å². The van der Waals surface area contributed by atoms with Crippen LogP contribution in [0.15, 0.2) is 53.1 Å². The largest absolute Gasteiger partial charge is 0.355 e. The van der Waals surface area contributed by atoms with Crippen LogP contribution in [0.25, 0.3) is 11.4 Å². The molecule has 1 atom stereocenters. The minimum Gasteiger partial charge on any atom is -0.355 e. The van der Waals surface area contributed by atoms with Crippen molar-refractivity contribution in [2.75, 3.05) is 25.4 Å². The van der Waals surface area contributed by atoms with Crippen LogP contribution >= 0.6 is 23.4 Å². The van der Waals surface area contributed by atoms with Crippen LogP contribution in [0, 0.1) is 11.7 Å². The van der Waals surface area contributed by atoms with E-state index in [0.29, 0.717) is 36.4 Å². The number of piperidine rings is 1. The van der Waals surface area contributed by atoms with Gasteiger partial charge in [0.05, 0.1) is 12.5 Å². The Kier molecular flexibility index (Phi) is 8.36. The Morgan fingerprint density at radius 1 is 1.27 bits per heavy atom. The quantitative estimate of drug-likeness (QED) is 0.437. The summed E-state index contributed by atoms with van der Waals surface area (Å²) in [4.78, 5) is 19.3. The van der Waals surface area contributed by atoms with E-state index in [0.717, 1.165) is 42.0 Å². The SMILES string of the molecule is O=C(NCCSCc1ccc(F)cc1)C1CCCN(Cc2nc(-c3cccc(Cl)c3)no2)C1. The van der Waals surface area contributed by atoms with Crippen molar-refractivity contribution in [1.29, 1.82) is 0 Å². The van der Waals surface area contributed by atoms with Crippen molar-refractivity contribution in [3.05, 3.63) is 70.8 Å². The summed E-state index contributed by atoms with van der Waals surface area (Å²) in [5, 5.41) is 7.74. The molecule has 33 heavy (non-hydrogen) atoms. The first-order valence-electron chi connectivity index (χ1n) is 11.0. The number of thioether (sulfide) groups is 1. The van der Waals surface area contributed by atoms with Crippen molar-refractivity contribution in [2.24, 2.45) is 5.92 Å². The summed E-state index contributed by atoms with van der Waals surface area (Å²) in [6.45, 7) is 2.70. The van der Waals surface area contributed by atoms with E-state index in [2.05, 4.69) is 20.4 Å². The van der Waals surface area contributed by atoms with Gasteiger partial charge in [0.2, 0.25) is 17.6 Å². The summed E-state index contributed by atoms with van der Waals surface area (Å²) in [6.07, 6.45) is 1.83. The van der Waals surface area contributed by atoms with Gasteiger partial charge in [-0.25, -0.2) is 4.39 Å². The first-order valence-corrected chi connectivity index (χ1v) is 12.5. The number of rotatable bonds is 9. The maximum atomic E-state index is 13.0. The highest BCUT2D eigenvalue weighted by Gasteiger charge is 2.26. The molecule has 6 nitrogen and oxygen atoms in total. The molecule has 4 rings (SSSR count). The molecule has 174 valence electrons. The lowest BCUT2D eigenvalue weighted by atomic mass is 9.97. The molecular weight excluding hydrogens is 463 g/mol. The number of carbonyl (C=O) groups excluding carboxylic acids is 1. The Labute approximate surface area is 201 Å². The standard InChI is InChI=1S/C24H26ClFN4O2S/c25-20-5-1-3-18(13-20)23-28-22(32-29-23)15-30-11-2-4-19(14-30)24(31)27-10-12-33-16-17-6-8-21(26)9-7-17/h1,3,5-9,13,19H,2,4,10-12,14-16H2,(H,27,31). The molecule has 0 aliphatic carbocycles. The van der Waals surface area contributed by atoms with E-state index in [1.165, 1.54) is 12.1 Å². The minimum absolute atomic E-state index is 0.0452. The number of likely N-dealkylation sites (tertiary alicyclic amines) is 1. The van der Waals surface area contributed by atoms with Crippen LogP contribution in [0.5, 0.6) is 0 Å². The summed E-state index contributed by atoms with van der Waals surface area (Å²) in [6, 6.07) is 13.9. The fourth-order valence-electron chi connectivity index (χ4n) is 3.83. The van der Waals surface area contributed by atoms with E-state index in [1.807, 2.05) is 12.1 Å². The summed E-state index contributed by atoms with van der Waals surface area (Å²) in [7, 11) is 0. The van der Waals surface area contributed by atoms with E-state index < -0.39 is 0 Å². The Bertz CT molecular complexity index is 1060. The van der Waals surface area contributed by atoms with Gasteiger partial charge in [0.15, 0.2) is 0 Å². The zero-order valence-corrected chi connectivity index (χ0v) is 19.7. The lowest BCUT2D eigenvalue weighted by Gasteiger charge is -2.30. The third-order valence-corrected chi connectivity index (χ3v) is 6.78. The summed E-state index contributed by atoms with van der Waals surface area (Å²) >= 11 is 7.76. The highest BCUT2D eigenvalue weighted by atomic mass is 35.5. The maximum absolute atomic E-state index is 13.0. The lowest BCUT2D eigenvalue weighted by Crippen LogP contribution is -2.43. The highest BCUT2D eigenvalue weighted by Crippen LogP contribution is 2.22. The second-order valence-electron chi connectivity index (χ2n) is 8.07. The Balaban J connectivity index is 1.19. The van der Waals surface area contributed by atoms with E-state index >= 15 is 0 Å². The molecule has 0 radical (unpaired) electrons. The van der Waals surface area contributed by atoms with Crippen LogP contribution in [0.2, 0.25) is 5.02 Å².